The average molecular weight is 324 g/mol. The summed E-state index contributed by atoms with van der Waals surface area (Å²) in [7, 11) is 3.14. The summed E-state index contributed by atoms with van der Waals surface area (Å²) in [6, 6.07) is 11.3. The van der Waals surface area contributed by atoms with Crippen LogP contribution in [0.25, 0.3) is 10.9 Å². The quantitative estimate of drug-likeness (QED) is 0.761. The van der Waals surface area contributed by atoms with E-state index in [1.807, 2.05) is 26.0 Å². The molecule has 0 aliphatic rings. The van der Waals surface area contributed by atoms with Gasteiger partial charge in [-0.25, -0.2) is 0 Å². The molecule has 0 bridgehead atoms. The number of carbonyl (C=O) groups excluding carboxylic acids is 1. The third-order valence-corrected chi connectivity index (χ3v) is 3.98. The molecular weight excluding hydrogens is 304 g/mol. The summed E-state index contributed by atoms with van der Waals surface area (Å²) in [6.07, 6.45) is 0. The van der Waals surface area contributed by atoms with Gasteiger partial charge in [-0.3, -0.25) is 4.79 Å². The van der Waals surface area contributed by atoms with Gasteiger partial charge in [-0.2, -0.15) is 0 Å². The van der Waals surface area contributed by atoms with E-state index in [4.69, 9.17) is 9.47 Å². The number of hydrogen-bond donors (Lipinski definition) is 2. The van der Waals surface area contributed by atoms with Crippen LogP contribution < -0.4 is 14.8 Å². The molecule has 1 aromatic heterocycles. The monoisotopic (exact) mass is 324 g/mol. The number of nitrogens with one attached hydrogen (secondary N) is 2. The van der Waals surface area contributed by atoms with Crippen LogP contribution in [0.1, 0.15) is 21.6 Å². The lowest BCUT2D eigenvalue weighted by Gasteiger charge is -2.10. The Kier molecular flexibility index (Phi) is 4.16. The van der Waals surface area contributed by atoms with Crippen molar-refractivity contribution in [2.24, 2.45) is 0 Å². The fraction of sp³-hybridized carbons (Fsp3) is 0.211. The predicted molar refractivity (Wildman–Crippen MR) is 95.3 cm³/mol. The maximum atomic E-state index is 12.5. The SMILES string of the molecule is COc1ccc(NC(=O)c2cc3c(C)cc(C)cc3[nH]2)cc1OC. The summed E-state index contributed by atoms with van der Waals surface area (Å²) in [6.45, 7) is 4.08. The minimum atomic E-state index is -0.199. The minimum absolute atomic E-state index is 0.199. The standard InChI is InChI=1S/C19H20N2O3/c1-11-7-12(2)14-10-16(21-15(14)8-11)19(22)20-13-5-6-17(23-3)18(9-13)24-4/h5-10,21H,1-4H3,(H,20,22). The molecule has 0 spiro atoms. The number of hydrogen-bond acceptors (Lipinski definition) is 3. The third kappa shape index (κ3) is 2.93. The second kappa shape index (κ2) is 6.28. The van der Waals surface area contributed by atoms with Gasteiger partial charge in [0.15, 0.2) is 11.5 Å². The number of aromatic amines is 1. The van der Waals surface area contributed by atoms with E-state index < -0.39 is 0 Å². The second-order valence-electron chi connectivity index (χ2n) is 5.75. The molecule has 3 aromatic rings. The highest BCUT2D eigenvalue weighted by Gasteiger charge is 2.13. The van der Waals surface area contributed by atoms with E-state index in [9.17, 15) is 4.79 Å². The Morgan fingerprint density at radius 2 is 1.75 bits per heavy atom. The number of fused-ring (bicyclic) bond motifs is 1. The van der Waals surface area contributed by atoms with Gasteiger partial charge in [-0.15, -0.1) is 0 Å². The first-order chi connectivity index (χ1) is 11.5. The number of carbonyl (C=O) groups is 1. The fourth-order valence-corrected chi connectivity index (χ4v) is 2.83. The highest BCUT2D eigenvalue weighted by Crippen LogP contribution is 2.30. The molecule has 0 radical (unpaired) electrons. The molecule has 3 rings (SSSR count). The van der Waals surface area contributed by atoms with Gasteiger partial charge in [0, 0.05) is 22.7 Å². The molecule has 1 heterocycles. The van der Waals surface area contributed by atoms with E-state index in [2.05, 4.69) is 16.4 Å². The summed E-state index contributed by atoms with van der Waals surface area (Å²) in [5, 5.41) is 3.93. The zero-order valence-electron chi connectivity index (χ0n) is 14.2. The van der Waals surface area contributed by atoms with E-state index in [0.717, 1.165) is 22.0 Å². The van der Waals surface area contributed by atoms with Gasteiger partial charge in [-0.1, -0.05) is 6.07 Å². The van der Waals surface area contributed by atoms with Crippen molar-refractivity contribution in [3.05, 3.63) is 53.2 Å². The zero-order valence-corrected chi connectivity index (χ0v) is 14.2. The van der Waals surface area contributed by atoms with Gasteiger partial charge in [-0.05, 0) is 49.2 Å². The van der Waals surface area contributed by atoms with Gasteiger partial charge >= 0.3 is 0 Å². The Hall–Kier alpha value is -2.95. The Labute approximate surface area is 140 Å². The molecule has 0 aliphatic carbocycles. The molecule has 0 unspecified atom stereocenters. The van der Waals surface area contributed by atoms with E-state index in [1.165, 1.54) is 0 Å². The number of aromatic nitrogens is 1. The van der Waals surface area contributed by atoms with Crippen molar-refractivity contribution in [3.63, 3.8) is 0 Å². The topological polar surface area (TPSA) is 63.3 Å². The lowest BCUT2D eigenvalue weighted by molar-refractivity contribution is 0.102. The molecule has 5 nitrogen and oxygen atoms in total. The van der Waals surface area contributed by atoms with Crippen LogP contribution in [0.4, 0.5) is 5.69 Å². The maximum Gasteiger partial charge on any atom is 0.272 e. The van der Waals surface area contributed by atoms with E-state index in [0.29, 0.717) is 22.9 Å². The normalized spacial score (nSPS) is 10.7. The number of aryl methyl sites for hydroxylation is 2. The Bertz CT molecular complexity index is 912. The molecule has 124 valence electrons. The number of methoxy groups -OCH3 is 2. The van der Waals surface area contributed by atoms with E-state index in [1.54, 1.807) is 32.4 Å². The molecular formula is C19H20N2O3. The van der Waals surface area contributed by atoms with E-state index >= 15 is 0 Å². The predicted octanol–water partition coefficient (Wildman–Crippen LogP) is 4.05. The van der Waals surface area contributed by atoms with Crippen LogP contribution in [0, 0.1) is 13.8 Å². The Morgan fingerprint density at radius 1 is 1.00 bits per heavy atom. The smallest absolute Gasteiger partial charge is 0.272 e. The molecule has 2 N–H and O–H groups in total. The zero-order chi connectivity index (χ0) is 17.3. The number of ether oxygens (including phenoxy) is 2. The Balaban J connectivity index is 1.89. The lowest BCUT2D eigenvalue weighted by Crippen LogP contribution is -2.12. The third-order valence-electron chi connectivity index (χ3n) is 3.98. The number of benzene rings is 2. The summed E-state index contributed by atoms with van der Waals surface area (Å²) in [5.74, 6) is 0.987. The van der Waals surface area contributed by atoms with Crippen LogP contribution in [0.5, 0.6) is 11.5 Å². The first-order valence-corrected chi connectivity index (χ1v) is 7.65. The van der Waals surface area contributed by atoms with Crippen LogP contribution in [-0.4, -0.2) is 25.1 Å². The number of rotatable bonds is 4. The van der Waals surface area contributed by atoms with Gasteiger partial charge in [0.1, 0.15) is 5.69 Å². The molecule has 0 saturated heterocycles. The number of amides is 1. The van der Waals surface area contributed by atoms with Gasteiger partial charge in [0.2, 0.25) is 0 Å². The second-order valence-corrected chi connectivity index (χ2v) is 5.75. The first kappa shape index (κ1) is 15.9. The first-order valence-electron chi connectivity index (χ1n) is 7.65. The lowest BCUT2D eigenvalue weighted by atomic mass is 10.1. The van der Waals surface area contributed by atoms with Crippen LogP contribution in [0.3, 0.4) is 0 Å². The van der Waals surface area contributed by atoms with Crippen LogP contribution >= 0.6 is 0 Å². The molecule has 0 atom stereocenters. The minimum Gasteiger partial charge on any atom is -0.493 e. The molecule has 1 amide bonds. The van der Waals surface area contributed by atoms with Crippen molar-refractivity contribution in [1.29, 1.82) is 0 Å². The summed E-state index contributed by atoms with van der Waals surface area (Å²) in [4.78, 5) is 15.7. The van der Waals surface area contributed by atoms with Crippen molar-refractivity contribution >= 4 is 22.5 Å². The molecule has 0 saturated carbocycles. The largest absolute Gasteiger partial charge is 0.493 e. The highest BCUT2D eigenvalue weighted by atomic mass is 16.5. The molecule has 5 heteroatoms. The van der Waals surface area contributed by atoms with Crippen LogP contribution in [0.15, 0.2) is 36.4 Å². The van der Waals surface area contributed by atoms with Crippen molar-refractivity contribution in [2.45, 2.75) is 13.8 Å². The summed E-state index contributed by atoms with van der Waals surface area (Å²) in [5.41, 5.74) is 4.43. The number of anilines is 1. The number of H-pyrrole nitrogens is 1. The van der Waals surface area contributed by atoms with Crippen molar-refractivity contribution in [3.8, 4) is 11.5 Å². The van der Waals surface area contributed by atoms with Crippen LogP contribution in [0.2, 0.25) is 0 Å². The highest BCUT2D eigenvalue weighted by molar-refractivity contribution is 6.06. The van der Waals surface area contributed by atoms with Gasteiger partial charge in [0.05, 0.1) is 14.2 Å². The molecule has 0 fully saturated rings. The molecule has 24 heavy (non-hydrogen) atoms. The summed E-state index contributed by atoms with van der Waals surface area (Å²) >= 11 is 0. The van der Waals surface area contributed by atoms with Crippen LogP contribution in [-0.2, 0) is 0 Å². The average Bonchev–Trinajstić information content (AvgIpc) is 2.99. The van der Waals surface area contributed by atoms with Gasteiger partial charge in [0.25, 0.3) is 5.91 Å². The molecule has 0 aliphatic heterocycles. The summed E-state index contributed by atoms with van der Waals surface area (Å²) < 4.78 is 10.5. The van der Waals surface area contributed by atoms with Gasteiger partial charge < -0.3 is 19.8 Å². The molecule has 2 aromatic carbocycles. The van der Waals surface area contributed by atoms with Crippen molar-refractivity contribution in [1.82, 2.24) is 4.98 Å². The van der Waals surface area contributed by atoms with Crippen molar-refractivity contribution in [2.75, 3.05) is 19.5 Å². The van der Waals surface area contributed by atoms with Crippen molar-refractivity contribution < 1.29 is 14.3 Å². The fourth-order valence-electron chi connectivity index (χ4n) is 2.83. The Morgan fingerprint density at radius 3 is 2.46 bits per heavy atom. The maximum absolute atomic E-state index is 12.5. The van der Waals surface area contributed by atoms with E-state index in [-0.39, 0.29) is 5.91 Å².